The van der Waals surface area contributed by atoms with E-state index in [-0.39, 0.29) is 34.9 Å². The van der Waals surface area contributed by atoms with Gasteiger partial charge in [-0.25, -0.2) is 29.1 Å². The van der Waals surface area contributed by atoms with Crippen LogP contribution in [0.15, 0.2) is 67.3 Å². The van der Waals surface area contributed by atoms with Crippen LogP contribution in [-0.4, -0.2) is 42.3 Å². The van der Waals surface area contributed by atoms with Crippen molar-refractivity contribution in [2.24, 2.45) is 0 Å². The molecule has 0 spiro atoms. The van der Waals surface area contributed by atoms with Crippen LogP contribution in [0.2, 0.25) is 0 Å². The normalized spacial score (nSPS) is 12.5. The van der Waals surface area contributed by atoms with E-state index in [1.807, 2.05) is 0 Å². The third-order valence-corrected chi connectivity index (χ3v) is 5.88. The Morgan fingerprint density at radius 3 is 2.38 bits per heavy atom. The molecule has 8 nitrogen and oxygen atoms in total. The highest BCUT2D eigenvalue weighted by atomic mass is 19.4. The van der Waals surface area contributed by atoms with Crippen molar-refractivity contribution in [1.29, 1.82) is 0 Å². The first-order valence-corrected chi connectivity index (χ1v) is 11.8. The van der Waals surface area contributed by atoms with E-state index in [9.17, 15) is 22.4 Å². The van der Waals surface area contributed by atoms with E-state index in [2.05, 4.69) is 25.0 Å². The standard InChI is InChI=1S/C27H20F4N6O2/c1-3-39-26(38)23(16-11-32-24(33-12-16)17-9-8-15(2)10-19(17)27(29,30)31)37-14-22-21(13-34-37)35-25(36-22)18-6-4-5-7-20(18)28/h4-14,23H,3H2,1-2H3. The number of alkyl halides is 3. The van der Waals surface area contributed by atoms with Crippen molar-refractivity contribution >= 4 is 5.97 Å². The summed E-state index contributed by atoms with van der Waals surface area (Å²) in [6.45, 7) is 3.27. The van der Waals surface area contributed by atoms with E-state index in [0.717, 1.165) is 6.07 Å². The number of fused-ring (bicyclic) bond motifs is 1. The molecule has 0 N–H and O–H groups in total. The molecule has 198 valence electrons. The number of aryl methyl sites for hydroxylation is 1. The van der Waals surface area contributed by atoms with Gasteiger partial charge < -0.3 is 4.74 Å². The van der Waals surface area contributed by atoms with E-state index in [4.69, 9.17) is 4.74 Å². The van der Waals surface area contributed by atoms with Gasteiger partial charge in [-0.2, -0.15) is 18.3 Å². The second-order valence-electron chi connectivity index (χ2n) is 8.59. The lowest BCUT2D eigenvalue weighted by Gasteiger charge is -2.19. The van der Waals surface area contributed by atoms with Gasteiger partial charge in [0, 0.05) is 23.5 Å². The highest BCUT2D eigenvalue weighted by Gasteiger charge is 2.35. The summed E-state index contributed by atoms with van der Waals surface area (Å²) >= 11 is 0. The van der Waals surface area contributed by atoms with E-state index >= 15 is 0 Å². The molecule has 0 bridgehead atoms. The highest BCUT2D eigenvalue weighted by Crippen LogP contribution is 2.36. The number of ether oxygens (including phenoxy) is 1. The van der Waals surface area contributed by atoms with Crippen molar-refractivity contribution in [1.82, 2.24) is 29.7 Å². The number of hydrogen-bond donors (Lipinski definition) is 0. The predicted octanol–water partition coefficient (Wildman–Crippen LogP) is 5.52. The Labute approximate surface area is 219 Å². The van der Waals surface area contributed by atoms with Crippen LogP contribution >= 0.6 is 0 Å². The molecule has 1 unspecified atom stereocenters. The van der Waals surface area contributed by atoms with E-state index in [1.165, 1.54) is 47.7 Å². The van der Waals surface area contributed by atoms with Crippen LogP contribution in [0.5, 0.6) is 0 Å². The molecular formula is C27H20F4N6O2. The lowest BCUT2D eigenvalue weighted by molar-refractivity contribution is -0.146. The minimum absolute atomic E-state index is 0.0724. The molecular weight excluding hydrogens is 516 g/mol. The van der Waals surface area contributed by atoms with Gasteiger partial charge in [-0.3, -0.25) is 4.68 Å². The topological polar surface area (TPSA) is 95.7 Å². The Balaban J connectivity index is 1.54. The number of benzene rings is 2. The van der Waals surface area contributed by atoms with Crippen molar-refractivity contribution in [3.8, 4) is 34.2 Å². The van der Waals surface area contributed by atoms with Gasteiger partial charge in [-0.15, -0.1) is 0 Å². The maximum Gasteiger partial charge on any atom is 0.417 e. The molecule has 1 aromatic heterocycles. The fourth-order valence-corrected chi connectivity index (χ4v) is 4.07. The first kappa shape index (κ1) is 25.9. The fourth-order valence-electron chi connectivity index (χ4n) is 4.07. The Kier molecular flexibility index (Phi) is 6.77. The van der Waals surface area contributed by atoms with E-state index in [1.54, 1.807) is 32.0 Å². The van der Waals surface area contributed by atoms with Crippen LogP contribution in [0.4, 0.5) is 17.6 Å². The number of imidazole rings is 1. The van der Waals surface area contributed by atoms with Crippen LogP contribution in [0.25, 0.3) is 34.2 Å². The smallest absolute Gasteiger partial charge is 0.417 e. The Morgan fingerprint density at radius 2 is 1.69 bits per heavy atom. The molecule has 0 radical (unpaired) electrons. The summed E-state index contributed by atoms with van der Waals surface area (Å²) in [7, 11) is 0. The first-order valence-electron chi connectivity index (χ1n) is 11.8. The summed E-state index contributed by atoms with van der Waals surface area (Å²) in [6.07, 6.45) is 0.725. The average molecular weight is 536 g/mol. The highest BCUT2D eigenvalue weighted by molar-refractivity contribution is 5.78. The molecule has 12 heteroatoms. The SMILES string of the molecule is CCOC(=O)C(c1cnc(-c2ccc(C)cc2C(F)(F)F)nc1)n1cc2nc(-c3ccccc3F)nc-2cn1. The molecule has 2 aliphatic heterocycles. The summed E-state index contributed by atoms with van der Waals surface area (Å²) in [4.78, 5) is 29.9. The molecule has 3 heterocycles. The second kappa shape index (κ2) is 10.2. The van der Waals surface area contributed by atoms with Gasteiger partial charge in [0.2, 0.25) is 0 Å². The number of carbonyl (C=O) groups is 1. The third kappa shape index (κ3) is 5.17. The molecule has 2 aromatic carbocycles. The number of aromatic nitrogens is 6. The van der Waals surface area contributed by atoms with Crippen molar-refractivity contribution in [3.63, 3.8) is 0 Å². The fraction of sp³-hybridized carbons (Fsp3) is 0.185. The monoisotopic (exact) mass is 536 g/mol. The number of hydrogen-bond acceptors (Lipinski definition) is 7. The number of halogens is 4. The van der Waals surface area contributed by atoms with Gasteiger partial charge in [0.05, 0.1) is 30.1 Å². The van der Waals surface area contributed by atoms with Gasteiger partial charge >= 0.3 is 12.1 Å². The molecule has 0 saturated heterocycles. The van der Waals surface area contributed by atoms with Gasteiger partial charge in [-0.05, 0) is 32.0 Å². The molecule has 2 aliphatic rings. The Bertz CT molecular complexity index is 1620. The molecule has 39 heavy (non-hydrogen) atoms. The van der Waals surface area contributed by atoms with E-state index < -0.39 is 29.6 Å². The lowest BCUT2D eigenvalue weighted by Crippen LogP contribution is -2.25. The van der Waals surface area contributed by atoms with E-state index in [0.29, 0.717) is 17.0 Å². The number of esters is 1. The second-order valence-corrected chi connectivity index (χ2v) is 8.59. The average Bonchev–Trinajstić information content (AvgIpc) is 3.32. The summed E-state index contributed by atoms with van der Waals surface area (Å²) in [5.74, 6) is -1.18. The number of carbonyl (C=O) groups excluding carboxylic acids is 1. The zero-order chi connectivity index (χ0) is 27.7. The van der Waals surface area contributed by atoms with Crippen molar-refractivity contribution < 1.29 is 27.1 Å². The van der Waals surface area contributed by atoms with Crippen molar-refractivity contribution in [2.45, 2.75) is 26.1 Å². The van der Waals surface area contributed by atoms with Crippen molar-refractivity contribution in [2.75, 3.05) is 6.61 Å². The van der Waals surface area contributed by atoms with Crippen LogP contribution in [-0.2, 0) is 15.7 Å². The molecule has 0 amide bonds. The largest absolute Gasteiger partial charge is 0.464 e. The summed E-state index contributed by atoms with van der Waals surface area (Å²) in [5.41, 5.74) is 0.537. The van der Waals surface area contributed by atoms with Crippen LogP contribution in [0.3, 0.4) is 0 Å². The Hall–Kier alpha value is -4.74. The van der Waals surface area contributed by atoms with Crippen LogP contribution in [0.1, 0.15) is 29.7 Å². The maximum atomic E-state index is 14.3. The molecule has 3 aromatic rings. The van der Waals surface area contributed by atoms with Crippen molar-refractivity contribution in [3.05, 3.63) is 89.8 Å². The minimum Gasteiger partial charge on any atom is -0.464 e. The predicted molar refractivity (Wildman–Crippen MR) is 132 cm³/mol. The molecule has 0 aliphatic carbocycles. The van der Waals surface area contributed by atoms with Gasteiger partial charge in [-0.1, -0.05) is 29.8 Å². The Morgan fingerprint density at radius 1 is 0.974 bits per heavy atom. The molecule has 0 fully saturated rings. The molecule has 0 saturated carbocycles. The molecule has 1 atom stereocenters. The molecule has 5 rings (SSSR count). The van der Waals surface area contributed by atoms with Crippen LogP contribution < -0.4 is 0 Å². The maximum absolute atomic E-state index is 14.3. The first-order chi connectivity index (χ1) is 18.7. The zero-order valence-electron chi connectivity index (χ0n) is 20.6. The van der Waals surface area contributed by atoms with Gasteiger partial charge in [0.25, 0.3) is 0 Å². The minimum atomic E-state index is -4.60. The third-order valence-electron chi connectivity index (χ3n) is 5.88. The summed E-state index contributed by atoms with van der Waals surface area (Å²) < 4.78 is 61.6. The summed E-state index contributed by atoms with van der Waals surface area (Å²) in [6, 6.07) is 8.75. The van der Waals surface area contributed by atoms with Gasteiger partial charge in [0.1, 0.15) is 17.2 Å². The number of rotatable bonds is 6. The zero-order valence-corrected chi connectivity index (χ0v) is 20.6. The number of nitrogens with zero attached hydrogens (tertiary/aromatic N) is 6. The summed E-state index contributed by atoms with van der Waals surface area (Å²) in [5, 5.41) is 4.27. The quantitative estimate of drug-likeness (QED) is 0.208. The lowest BCUT2D eigenvalue weighted by atomic mass is 10.0. The van der Waals surface area contributed by atoms with Gasteiger partial charge in [0.15, 0.2) is 17.7 Å². The van der Waals surface area contributed by atoms with Crippen LogP contribution in [0, 0.1) is 12.7 Å².